The normalized spacial score (nSPS) is 10.9. The lowest BCUT2D eigenvalue weighted by atomic mass is 10.1. The molecule has 0 radical (unpaired) electrons. The summed E-state index contributed by atoms with van der Waals surface area (Å²) in [5, 5.41) is 14.9. The van der Waals surface area contributed by atoms with E-state index < -0.39 is 6.03 Å². The molecule has 8 heteroatoms. The Kier molecular flexibility index (Phi) is 4.66. The molecule has 3 aromatic rings. The number of aromatic nitrogens is 3. The highest BCUT2D eigenvalue weighted by molar-refractivity contribution is 7.99. The van der Waals surface area contributed by atoms with Crippen LogP contribution < -0.4 is 10.6 Å². The van der Waals surface area contributed by atoms with Gasteiger partial charge in [0.15, 0.2) is 10.8 Å². The summed E-state index contributed by atoms with van der Waals surface area (Å²) in [6.07, 6.45) is 0.219. The minimum absolute atomic E-state index is 0.219. The number of nitrogens with zero attached hydrogens (tertiary/aromatic N) is 3. The molecule has 7 nitrogen and oxygen atoms in total. The summed E-state index contributed by atoms with van der Waals surface area (Å²) in [4.78, 5) is 22.7. The van der Waals surface area contributed by atoms with Crippen LogP contribution in [0.3, 0.4) is 0 Å². The maximum atomic E-state index is 11.6. The van der Waals surface area contributed by atoms with Crippen LogP contribution in [0.25, 0.3) is 16.6 Å². The largest absolute Gasteiger partial charge is 0.341 e. The summed E-state index contributed by atoms with van der Waals surface area (Å²) in [7, 11) is 1.47. The Bertz CT molecular complexity index is 921. The van der Waals surface area contributed by atoms with E-state index in [9.17, 15) is 9.59 Å². The lowest BCUT2D eigenvalue weighted by molar-refractivity contribution is -0.119. The van der Waals surface area contributed by atoms with Gasteiger partial charge in [-0.1, -0.05) is 30.0 Å². The zero-order valence-corrected chi connectivity index (χ0v) is 14.2. The zero-order chi connectivity index (χ0) is 17.1. The topological polar surface area (TPSA) is 88.4 Å². The third kappa shape index (κ3) is 3.18. The van der Waals surface area contributed by atoms with E-state index in [0.29, 0.717) is 5.75 Å². The Morgan fingerprint density at radius 1 is 1.25 bits per heavy atom. The van der Waals surface area contributed by atoms with Gasteiger partial charge in [-0.3, -0.25) is 14.5 Å². The van der Waals surface area contributed by atoms with Gasteiger partial charge in [-0.25, -0.2) is 4.79 Å². The molecule has 0 spiro atoms. The number of imide groups is 1. The number of nitrogens with one attached hydrogen (secondary N) is 2. The molecule has 124 valence electrons. The number of aryl methyl sites for hydroxylation is 1. The highest BCUT2D eigenvalue weighted by atomic mass is 32.2. The standard InChI is InChI=1S/C16H17N5O2S/c1-10-9-13-19-20-16(21(13)12-6-4-3-5-11(10)12)24-8-7-14(22)18-15(23)17-2/h3-6,9H,7-8H2,1-2H3,(H2,17,18,22,23). The summed E-state index contributed by atoms with van der Waals surface area (Å²) >= 11 is 1.44. The summed E-state index contributed by atoms with van der Waals surface area (Å²) in [5.41, 5.74) is 2.96. The molecule has 24 heavy (non-hydrogen) atoms. The highest BCUT2D eigenvalue weighted by Gasteiger charge is 2.12. The molecule has 0 atom stereocenters. The minimum atomic E-state index is -0.501. The first-order chi connectivity index (χ1) is 11.6. The number of pyridine rings is 1. The molecule has 0 aliphatic carbocycles. The first-order valence-electron chi connectivity index (χ1n) is 7.48. The van der Waals surface area contributed by atoms with Crippen LogP contribution in [-0.4, -0.2) is 39.3 Å². The monoisotopic (exact) mass is 343 g/mol. The van der Waals surface area contributed by atoms with Crippen LogP contribution in [0.15, 0.2) is 35.5 Å². The van der Waals surface area contributed by atoms with Gasteiger partial charge in [0.25, 0.3) is 0 Å². The van der Waals surface area contributed by atoms with Crippen LogP contribution in [0.2, 0.25) is 0 Å². The number of rotatable bonds is 4. The third-order valence-electron chi connectivity index (χ3n) is 3.61. The van der Waals surface area contributed by atoms with E-state index in [2.05, 4.69) is 26.9 Å². The number of benzene rings is 1. The molecule has 0 aliphatic heterocycles. The maximum absolute atomic E-state index is 11.6. The minimum Gasteiger partial charge on any atom is -0.341 e. The number of urea groups is 1. The molecule has 3 amide bonds. The van der Waals surface area contributed by atoms with Crippen molar-refractivity contribution in [2.24, 2.45) is 0 Å². The lowest BCUT2D eigenvalue weighted by Gasteiger charge is -2.07. The number of fused-ring (bicyclic) bond motifs is 3. The highest BCUT2D eigenvalue weighted by Crippen LogP contribution is 2.25. The van der Waals surface area contributed by atoms with Gasteiger partial charge in [0.2, 0.25) is 5.91 Å². The summed E-state index contributed by atoms with van der Waals surface area (Å²) in [5.74, 6) is 0.183. The quantitative estimate of drug-likeness (QED) is 0.709. The Morgan fingerprint density at radius 3 is 2.83 bits per heavy atom. The predicted octanol–water partition coefficient (Wildman–Crippen LogP) is 2.13. The molecule has 0 saturated heterocycles. The van der Waals surface area contributed by atoms with E-state index in [1.807, 2.05) is 35.6 Å². The van der Waals surface area contributed by atoms with Crippen LogP contribution >= 0.6 is 11.8 Å². The van der Waals surface area contributed by atoms with Crippen molar-refractivity contribution in [3.05, 3.63) is 35.9 Å². The average molecular weight is 343 g/mol. The van der Waals surface area contributed by atoms with E-state index in [1.54, 1.807) is 0 Å². The van der Waals surface area contributed by atoms with Gasteiger partial charge < -0.3 is 5.32 Å². The molecule has 0 unspecified atom stereocenters. The van der Waals surface area contributed by atoms with Crippen molar-refractivity contribution in [3.8, 4) is 0 Å². The Hall–Kier alpha value is -2.61. The van der Waals surface area contributed by atoms with Crippen molar-refractivity contribution < 1.29 is 9.59 Å². The number of para-hydroxylation sites is 1. The van der Waals surface area contributed by atoms with Crippen LogP contribution in [0.5, 0.6) is 0 Å². The number of carbonyl (C=O) groups is 2. The molecule has 0 bridgehead atoms. The Morgan fingerprint density at radius 2 is 2.04 bits per heavy atom. The fraction of sp³-hybridized carbons (Fsp3) is 0.250. The second-order valence-electron chi connectivity index (χ2n) is 5.25. The van der Waals surface area contributed by atoms with Crippen molar-refractivity contribution in [1.29, 1.82) is 0 Å². The van der Waals surface area contributed by atoms with Gasteiger partial charge in [0.05, 0.1) is 5.52 Å². The second-order valence-corrected chi connectivity index (χ2v) is 6.31. The van der Waals surface area contributed by atoms with Crippen molar-refractivity contribution >= 4 is 40.3 Å². The fourth-order valence-corrected chi connectivity index (χ4v) is 3.34. The summed E-state index contributed by atoms with van der Waals surface area (Å²) in [6, 6.07) is 9.57. The molecule has 0 aliphatic rings. The van der Waals surface area contributed by atoms with Gasteiger partial charge in [-0.05, 0) is 24.6 Å². The SMILES string of the molecule is CNC(=O)NC(=O)CCSc1nnc2cc(C)c3ccccc3n12. The fourth-order valence-electron chi connectivity index (χ4n) is 2.45. The summed E-state index contributed by atoms with van der Waals surface area (Å²) in [6.45, 7) is 2.05. The molecule has 2 heterocycles. The smallest absolute Gasteiger partial charge is 0.321 e. The van der Waals surface area contributed by atoms with Gasteiger partial charge in [0, 0.05) is 24.6 Å². The molecule has 2 aromatic heterocycles. The van der Waals surface area contributed by atoms with Crippen molar-refractivity contribution in [2.75, 3.05) is 12.8 Å². The van der Waals surface area contributed by atoms with Gasteiger partial charge >= 0.3 is 6.03 Å². The van der Waals surface area contributed by atoms with E-state index in [4.69, 9.17) is 0 Å². The molecule has 1 aromatic carbocycles. The first kappa shape index (κ1) is 16.3. The van der Waals surface area contributed by atoms with Crippen LogP contribution in [0.1, 0.15) is 12.0 Å². The van der Waals surface area contributed by atoms with Gasteiger partial charge in [0.1, 0.15) is 0 Å². The molecule has 0 saturated carbocycles. The molecular weight excluding hydrogens is 326 g/mol. The molecule has 0 fully saturated rings. The number of thioether (sulfide) groups is 1. The summed E-state index contributed by atoms with van der Waals surface area (Å²) < 4.78 is 1.99. The number of carbonyl (C=O) groups excluding carboxylic acids is 2. The number of hydrogen-bond donors (Lipinski definition) is 2. The Labute approximate surface area is 142 Å². The number of amides is 3. The average Bonchev–Trinajstić information content (AvgIpc) is 2.98. The third-order valence-corrected chi connectivity index (χ3v) is 4.54. The van der Waals surface area contributed by atoms with E-state index in [-0.39, 0.29) is 12.3 Å². The van der Waals surface area contributed by atoms with E-state index in [0.717, 1.165) is 27.3 Å². The van der Waals surface area contributed by atoms with Crippen LogP contribution in [0.4, 0.5) is 4.79 Å². The van der Waals surface area contributed by atoms with Gasteiger partial charge in [-0.15, -0.1) is 10.2 Å². The van der Waals surface area contributed by atoms with Crippen LogP contribution in [-0.2, 0) is 4.79 Å². The zero-order valence-electron chi connectivity index (χ0n) is 13.4. The van der Waals surface area contributed by atoms with E-state index >= 15 is 0 Å². The predicted molar refractivity (Wildman–Crippen MR) is 93.2 cm³/mol. The maximum Gasteiger partial charge on any atom is 0.321 e. The van der Waals surface area contributed by atoms with Crippen molar-refractivity contribution in [3.63, 3.8) is 0 Å². The molecule has 2 N–H and O–H groups in total. The van der Waals surface area contributed by atoms with Crippen molar-refractivity contribution in [1.82, 2.24) is 25.2 Å². The van der Waals surface area contributed by atoms with E-state index in [1.165, 1.54) is 18.8 Å². The van der Waals surface area contributed by atoms with Gasteiger partial charge in [-0.2, -0.15) is 0 Å². The van der Waals surface area contributed by atoms with Crippen LogP contribution in [0, 0.1) is 6.92 Å². The second kappa shape index (κ2) is 6.88. The molecule has 3 rings (SSSR count). The lowest BCUT2D eigenvalue weighted by Crippen LogP contribution is -2.37. The number of hydrogen-bond acceptors (Lipinski definition) is 5. The van der Waals surface area contributed by atoms with Crippen molar-refractivity contribution in [2.45, 2.75) is 18.5 Å². The Balaban J connectivity index is 1.80. The first-order valence-corrected chi connectivity index (χ1v) is 8.46. The molecular formula is C16H17N5O2S.